The summed E-state index contributed by atoms with van der Waals surface area (Å²) in [4.78, 5) is 0. The minimum atomic E-state index is -0.664. The van der Waals surface area contributed by atoms with Gasteiger partial charge in [0.05, 0.1) is 52.9 Å². The Kier molecular flexibility index (Phi) is 28.4. The summed E-state index contributed by atoms with van der Waals surface area (Å²) in [6.07, 6.45) is 9.59. The fraction of sp³-hybridized carbons (Fsp3) is 0.950. The van der Waals surface area contributed by atoms with Crippen LogP contribution in [-0.4, -0.2) is 99.7 Å². The fourth-order valence-electron chi connectivity index (χ4n) is 5.84. The van der Waals surface area contributed by atoms with Crippen LogP contribution in [0.3, 0.4) is 0 Å². The lowest BCUT2D eigenvalue weighted by Gasteiger charge is -2.30. The molecule has 0 bridgehead atoms. The minimum Gasteiger partial charge on any atom is -0.388 e. The zero-order chi connectivity index (χ0) is 36.3. The van der Waals surface area contributed by atoms with Crippen LogP contribution in [0, 0.1) is 35.5 Å². The van der Waals surface area contributed by atoms with Crippen molar-refractivity contribution in [2.45, 2.75) is 157 Å². The second-order valence-electron chi connectivity index (χ2n) is 15.0. The maximum atomic E-state index is 10.3. The molecule has 0 aliphatic carbocycles. The Balaban J connectivity index is 4.79. The van der Waals surface area contributed by atoms with Gasteiger partial charge in [-0.3, -0.25) is 0 Å². The molecule has 0 saturated heterocycles. The largest absolute Gasteiger partial charge is 0.388 e. The van der Waals surface area contributed by atoms with Gasteiger partial charge in [-0.05, 0) is 63.2 Å². The average molecular weight is 687 g/mol. The molecule has 0 aromatic carbocycles. The van der Waals surface area contributed by atoms with Crippen molar-refractivity contribution in [2.24, 2.45) is 23.7 Å². The highest BCUT2D eigenvalue weighted by Crippen LogP contribution is 2.24. The van der Waals surface area contributed by atoms with Gasteiger partial charge in [0.15, 0.2) is 0 Å². The topological polar surface area (TPSA) is 95.8 Å². The van der Waals surface area contributed by atoms with Crippen molar-refractivity contribution in [1.29, 1.82) is 0 Å². The summed E-state index contributed by atoms with van der Waals surface area (Å²) in [6, 6.07) is 0. The van der Waals surface area contributed by atoms with Crippen LogP contribution in [-0.2, 0) is 28.4 Å². The van der Waals surface area contributed by atoms with Crippen molar-refractivity contribution in [3.05, 3.63) is 0 Å². The molecule has 0 aromatic rings. The zero-order valence-corrected chi connectivity index (χ0v) is 33.0. The van der Waals surface area contributed by atoms with E-state index in [1.54, 1.807) is 0 Å². The molecule has 0 heterocycles. The van der Waals surface area contributed by atoms with E-state index in [1.165, 1.54) is 38.5 Å². The summed E-state index contributed by atoms with van der Waals surface area (Å²) in [6.45, 7) is 25.4. The first kappa shape index (κ1) is 47.2. The van der Waals surface area contributed by atoms with Gasteiger partial charge in [-0.1, -0.05) is 106 Å². The lowest BCUT2D eigenvalue weighted by Crippen LogP contribution is -2.34. The third-order valence-electron chi connectivity index (χ3n) is 8.52. The highest BCUT2D eigenvalue weighted by molar-refractivity contribution is 5.21. The molecule has 0 aliphatic rings. The monoisotopic (exact) mass is 687 g/mol. The zero-order valence-electron chi connectivity index (χ0n) is 33.0. The van der Waals surface area contributed by atoms with Gasteiger partial charge in [-0.15, -0.1) is 0 Å². The van der Waals surface area contributed by atoms with Crippen LogP contribution in [0.4, 0.5) is 0 Å². The second kappa shape index (κ2) is 28.9. The van der Waals surface area contributed by atoms with Crippen LogP contribution in [0.25, 0.3) is 0 Å². The molecule has 0 aliphatic heterocycles. The number of rotatable bonds is 32. The molecule has 0 fully saturated rings. The van der Waals surface area contributed by atoms with E-state index in [-0.39, 0.29) is 26.4 Å². The van der Waals surface area contributed by atoms with Gasteiger partial charge in [-0.25, -0.2) is 0 Å². The van der Waals surface area contributed by atoms with Gasteiger partial charge < -0.3 is 38.6 Å². The highest BCUT2D eigenvalue weighted by atomic mass is 16.6. The van der Waals surface area contributed by atoms with Crippen molar-refractivity contribution < 1.29 is 38.6 Å². The van der Waals surface area contributed by atoms with Crippen LogP contribution < -0.4 is 0 Å². The average Bonchev–Trinajstić information content (AvgIpc) is 3.02. The maximum Gasteiger partial charge on any atom is 0.126 e. The standard InChI is InChI=1S/C40H78O8/c1-11-15-17-35(13-3)27-45-31-37(41)29-43-21-23-47-39(9,25-33(5)6)19-20-40(10,26-34(7)8)48-24-22-44-30-38(42)32-46-28-36(14-4)18-16-12-2/h33-38,41-42H,11-18,21-32H2,1-10H3. The molecule has 48 heavy (non-hydrogen) atoms. The van der Waals surface area contributed by atoms with Crippen molar-refractivity contribution in [1.82, 2.24) is 0 Å². The molecular formula is C40H78O8. The first-order valence-corrected chi connectivity index (χ1v) is 19.3. The number of aliphatic hydroxyl groups is 2. The summed E-state index contributed by atoms with van der Waals surface area (Å²) >= 11 is 0. The lowest BCUT2D eigenvalue weighted by atomic mass is 9.90. The highest BCUT2D eigenvalue weighted by Gasteiger charge is 2.28. The van der Waals surface area contributed by atoms with Crippen LogP contribution in [0.1, 0.15) is 133 Å². The van der Waals surface area contributed by atoms with E-state index in [2.05, 4.69) is 67.2 Å². The fourth-order valence-corrected chi connectivity index (χ4v) is 5.84. The molecule has 6 atom stereocenters. The van der Waals surface area contributed by atoms with Crippen LogP contribution in [0.5, 0.6) is 0 Å². The third kappa shape index (κ3) is 26.1. The number of aliphatic hydroxyl groups excluding tert-OH is 2. The van der Waals surface area contributed by atoms with Gasteiger partial charge in [0.1, 0.15) is 23.4 Å². The summed E-state index contributed by atoms with van der Waals surface area (Å²) in [5.74, 6) is 8.72. The van der Waals surface area contributed by atoms with E-state index in [9.17, 15) is 10.2 Å². The molecule has 2 N–H and O–H groups in total. The van der Waals surface area contributed by atoms with Crippen molar-refractivity contribution >= 4 is 0 Å². The Hall–Kier alpha value is -0.760. The van der Waals surface area contributed by atoms with Crippen molar-refractivity contribution in [3.8, 4) is 11.8 Å². The maximum absolute atomic E-state index is 10.3. The van der Waals surface area contributed by atoms with Crippen molar-refractivity contribution in [2.75, 3.05) is 66.1 Å². The number of ether oxygens (including phenoxy) is 6. The Morgan fingerprint density at radius 3 is 1.19 bits per heavy atom. The van der Waals surface area contributed by atoms with Crippen LogP contribution in [0.2, 0.25) is 0 Å². The first-order chi connectivity index (χ1) is 22.8. The minimum absolute atomic E-state index is 0.215. The Morgan fingerprint density at radius 2 is 0.875 bits per heavy atom. The van der Waals surface area contributed by atoms with E-state index in [0.29, 0.717) is 63.3 Å². The van der Waals surface area contributed by atoms with Gasteiger partial charge in [-0.2, -0.15) is 0 Å². The van der Waals surface area contributed by atoms with Gasteiger partial charge >= 0.3 is 0 Å². The SMILES string of the molecule is CCCCC(CC)COCC(O)COCCOC(C)(C#CC(C)(CC(C)C)OCCOCC(O)COCC(CC)CCCC)CC(C)C. The smallest absolute Gasteiger partial charge is 0.126 e. The number of hydrogen-bond donors (Lipinski definition) is 2. The molecule has 0 rings (SSSR count). The Labute approximate surface area is 296 Å². The van der Waals surface area contributed by atoms with Crippen LogP contribution >= 0.6 is 0 Å². The second-order valence-corrected chi connectivity index (χ2v) is 15.0. The predicted molar refractivity (Wildman–Crippen MR) is 197 cm³/mol. The summed E-state index contributed by atoms with van der Waals surface area (Å²) in [5.41, 5.74) is -1.33. The molecule has 0 saturated carbocycles. The quantitative estimate of drug-likeness (QED) is 0.0546. The van der Waals surface area contributed by atoms with E-state index in [4.69, 9.17) is 28.4 Å². The molecular weight excluding hydrogens is 608 g/mol. The molecule has 0 aromatic heterocycles. The number of unbranched alkanes of at least 4 members (excludes halogenated alkanes) is 2. The van der Waals surface area contributed by atoms with Gasteiger partial charge in [0.25, 0.3) is 0 Å². The van der Waals surface area contributed by atoms with Crippen molar-refractivity contribution in [3.63, 3.8) is 0 Å². The summed E-state index contributed by atoms with van der Waals surface area (Å²) in [5, 5.41) is 20.6. The van der Waals surface area contributed by atoms with E-state index >= 15 is 0 Å². The van der Waals surface area contributed by atoms with Gasteiger partial charge in [0, 0.05) is 13.2 Å². The first-order valence-electron chi connectivity index (χ1n) is 19.3. The lowest BCUT2D eigenvalue weighted by molar-refractivity contribution is -0.0635. The third-order valence-corrected chi connectivity index (χ3v) is 8.52. The summed E-state index contributed by atoms with van der Waals surface area (Å²) in [7, 11) is 0. The molecule has 0 amide bonds. The molecule has 0 radical (unpaired) electrons. The normalized spacial score (nSPS) is 17.0. The van der Waals surface area contributed by atoms with E-state index in [1.807, 2.05) is 13.8 Å². The molecule has 286 valence electrons. The summed E-state index contributed by atoms with van der Waals surface area (Å²) < 4.78 is 35.6. The van der Waals surface area contributed by atoms with Crippen LogP contribution in [0.15, 0.2) is 0 Å². The van der Waals surface area contributed by atoms with E-state index < -0.39 is 23.4 Å². The predicted octanol–water partition coefficient (Wildman–Crippen LogP) is 7.85. The number of hydrogen-bond acceptors (Lipinski definition) is 8. The Bertz CT molecular complexity index is 734. The van der Waals surface area contributed by atoms with Gasteiger partial charge in [0.2, 0.25) is 0 Å². The van der Waals surface area contributed by atoms with E-state index in [0.717, 1.165) is 25.7 Å². The molecule has 8 heteroatoms. The molecule has 0 spiro atoms. The molecule has 8 nitrogen and oxygen atoms in total. The Morgan fingerprint density at radius 1 is 0.521 bits per heavy atom. The molecule has 6 unspecified atom stereocenters.